The molecule has 4 aliphatic carbocycles. The summed E-state index contributed by atoms with van der Waals surface area (Å²) in [5, 5.41) is 2.70. The highest BCUT2D eigenvalue weighted by atomic mass is 35.5. The van der Waals surface area contributed by atoms with Crippen molar-refractivity contribution >= 4 is 29.2 Å². The summed E-state index contributed by atoms with van der Waals surface area (Å²) >= 11 is 6.85. The lowest BCUT2D eigenvalue weighted by Crippen LogP contribution is -2.57. The van der Waals surface area contributed by atoms with Gasteiger partial charge in [0.05, 0.1) is 16.8 Å². The van der Waals surface area contributed by atoms with Crippen molar-refractivity contribution in [2.75, 3.05) is 5.32 Å². The number of nitrogens with zero attached hydrogens (tertiary/aromatic N) is 2. The number of anilines is 1. The topological polar surface area (TPSA) is 82.3 Å². The van der Waals surface area contributed by atoms with Crippen LogP contribution in [0.4, 0.5) is 5.69 Å². The van der Waals surface area contributed by atoms with Gasteiger partial charge in [-0.05, 0) is 76.3 Å². The van der Waals surface area contributed by atoms with E-state index in [1.807, 2.05) is 30.3 Å². The molecule has 33 heavy (non-hydrogen) atoms. The Morgan fingerprint density at radius 2 is 1.79 bits per heavy atom. The van der Waals surface area contributed by atoms with Gasteiger partial charge in [0.15, 0.2) is 6.10 Å². The normalized spacial score (nSPS) is 30.8. The second-order valence-corrected chi connectivity index (χ2v) is 11.2. The highest BCUT2D eigenvalue weighted by Gasteiger charge is 2.61. The van der Waals surface area contributed by atoms with Crippen molar-refractivity contribution in [3.8, 4) is 5.69 Å². The number of hydrogen-bond acceptors (Lipinski definition) is 4. The monoisotopic (exact) mass is 471 g/mol. The van der Waals surface area contributed by atoms with Crippen LogP contribution in [0.15, 0.2) is 35.1 Å². The first-order valence-corrected chi connectivity index (χ1v) is 12.0. The van der Waals surface area contributed by atoms with Gasteiger partial charge in [0.25, 0.3) is 11.5 Å². The van der Waals surface area contributed by atoms with Crippen molar-refractivity contribution in [2.45, 2.75) is 63.4 Å². The molecule has 1 aromatic heterocycles. The van der Waals surface area contributed by atoms with E-state index in [9.17, 15) is 14.4 Å². The van der Waals surface area contributed by atoms with Crippen molar-refractivity contribution < 1.29 is 14.3 Å². The molecule has 1 amide bonds. The van der Waals surface area contributed by atoms with E-state index >= 15 is 0 Å². The molecule has 0 aliphatic heterocycles. The number of nitrogens with one attached hydrogen (secondary N) is 1. The molecule has 6 rings (SSSR count). The van der Waals surface area contributed by atoms with Crippen molar-refractivity contribution in [1.29, 1.82) is 0 Å². The lowest BCUT2D eigenvalue weighted by atomic mass is 9.49. The van der Waals surface area contributed by atoms with Crippen molar-refractivity contribution in [3.63, 3.8) is 0 Å². The summed E-state index contributed by atoms with van der Waals surface area (Å²) in [6, 6.07) is 9.22. The van der Waals surface area contributed by atoms with E-state index in [0.29, 0.717) is 29.6 Å². The third-order valence-corrected chi connectivity index (χ3v) is 8.32. The molecular weight excluding hydrogens is 442 g/mol. The zero-order chi connectivity index (χ0) is 23.5. The van der Waals surface area contributed by atoms with Gasteiger partial charge in [0.2, 0.25) is 0 Å². The van der Waals surface area contributed by atoms with Crippen LogP contribution in [0.1, 0.15) is 51.1 Å². The number of hydrogen-bond donors (Lipinski definition) is 1. The van der Waals surface area contributed by atoms with E-state index in [2.05, 4.69) is 5.32 Å². The Kier molecular flexibility index (Phi) is 5.23. The number of carbonyl (C=O) groups excluding carboxylic acids is 2. The minimum Gasteiger partial charge on any atom is -0.452 e. The Bertz CT molecular complexity index is 1150. The van der Waals surface area contributed by atoms with Gasteiger partial charge < -0.3 is 10.1 Å². The molecule has 4 bridgehead atoms. The predicted molar refractivity (Wildman–Crippen MR) is 126 cm³/mol. The van der Waals surface area contributed by atoms with E-state index in [0.717, 1.165) is 32.1 Å². The van der Waals surface area contributed by atoms with Crippen LogP contribution in [0.3, 0.4) is 0 Å². The lowest BCUT2D eigenvalue weighted by molar-refractivity contribution is -0.176. The summed E-state index contributed by atoms with van der Waals surface area (Å²) in [5.74, 6) is 0.0862. The zero-order valence-electron chi connectivity index (χ0n) is 19.3. The van der Waals surface area contributed by atoms with E-state index in [-0.39, 0.29) is 22.1 Å². The van der Waals surface area contributed by atoms with Crippen LogP contribution in [0.2, 0.25) is 0 Å². The first-order valence-electron chi connectivity index (χ1n) is 11.7. The van der Waals surface area contributed by atoms with Crippen LogP contribution >= 0.6 is 11.6 Å². The smallest absolute Gasteiger partial charge is 0.312 e. The second-order valence-electron chi connectivity index (χ2n) is 10.4. The quantitative estimate of drug-likeness (QED) is 0.529. The molecule has 0 radical (unpaired) electrons. The molecule has 0 spiro atoms. The second kappa shape index (κ2) is 7.76. The summed E-state index contributed by atoms with van der Waals surface area (Å²) < 4.78 is 8.88. The van der Waals surface area contributed by atoms with Crippen LogP contribution in [0, 0.1) is 24.2 Å². The standard InChI is InChI=1S/C25H30ClN3O4/c1-15-20(22(31)29(28(15)3)19-7-5-4-6-8-19)27-21(30)16(2)33-23(32)24-10-17-9-18(11-24)13-25(26,12-17)14-24/h4-8,16-18H,9-14H2,1-3H3,(H,27,30). The van der Waals surface area contributed by atoms with Gasteiger partial charge in [0, 0.05) is 11.9 Å². The number of halogens is 1. The zero-order valence-corrected chi connectivity index (χ0v) is 20.0. The van der Waals surface area contributed by atoms with Crippen LogP contribution in [-0.4, -0.2) is 32.2 Å². The molecule has 4 saturated carbocycles. The number of ether oxygens (including phenoxy) is 1. The van der Waals surface area contributed by atoms with E-state index < -0.39 is 17.4 Å². The number of esters is 1. The Labute approximate surface area is 198 Å². The maximum absolute atomic E-state index is 13.3. The van der Waals surface area contributed by atoms with E-state index in [1.54, 1.807) is 25.6 Å². The molecule has 4 aliphatic rings. The number of carbonyl (C=O) groups is 2. The molecule has 1 N–H and O–H groups in total. The Morgan fingerprint density at radius 3 is 2.39 bits per heavy atom. The fourth-order valence-corrected chi connectivity index (χ4v) is 7.36. The van der Waals surface area contributed by atoms with Crippen LogP contribution in [-0.2, 0) is 21.4 Å². The van der Waals surface area contributed by atoms with E-state index in [4.69, 9.17) is 16.3 Å². The van der Waals surface area contributed by atoms with Gasteiger partial charge >= 0.3 is 5.97 Å². The highest BCUT2D eigenvalue weighted by Crippen LogP contribution is 2.64. The SMILES string of the molecule is Cc1c(NC(=O)C(C)OC(=O)C23CC4CC(CC(Cl)(C4)C2)C3)c(=O)n(-c2ccccc2)n1C. The van der Waals surface area contributed by atoms with Crippen LogP contribution in [0.5, 0.6) is 0 Å². The largest absolute Gasteiger partial charge is 0.452 e. The first-order chi connectivity index (χ1) is 15.6. The van der Waals surface area contributed by atoms with Gasteiger partial charge in [-0.2, -0.15) is 0 Å². The molecular formula is C25H30ClN3O4. The fourth-order valence-electron chi connectivity index (χ4n) is 6.67. The predicted octanol–water partition coefficient (Wildman–Crippen LogP) is 3.93. The Balaban J connectivity index is 1.31. The number of aromatic nitrogens is 2. The fraction of sp³-hybridized carbons (Fsp3) is 0.560. The van der Waals surface area contributed by atoms with Crippen LogP contribution < -0.4 is 10.9 Å². The van der Waals surface area contributed by atoms with Crippen molar-refractivity contribution in [3.05, 3.63) is 46.4 Å². The van der Waals surface area contributed by atoms with Crippen LogP contribution in [0.25, 0.3) is 5.69 Å². The molecule has 3 unspecified atom stereocenters. The average molecular weight is 472 g/mol. The number of para-hydroxylation sites is 1. The van der Waals surface area contributed by atoms with Gasteiger partial charge in [-0.25, -0.2) is 4.68 Å². The molecule has 4 fully saturated rings. The molecule has 2 aromatic rings. The number of alkyl halides is 1. The summed E-state index contributed by atoms with van der Waals surface area (Å²) in [4.78, 5) is 38.9. The highest BCUT2D eigenvalue weighted by molar-refractivity contribution is 6.24. The molecule has 176 valence electrons. The third-order valence-electron chi connectivity index (χ3n) is 7.88. The summed E-state index contributed by atoms with van der Waals surface area (Å²) in [6.45, 7) is 3.32. The lowest BCUT2D eigenvalue weighted by Gasteiger charge is -2.58. The molecule has 3 atom stereocenters. The number of rotatable bonds is 5. The summed E-state index contributed by atoms with van der Waals surface area (Å²) in [7, 11) is 1.76. The molecule has 7 nitrogen and oxygen atoms in total. The molecule has 1 heterocycles. The first kappa shape index (κ1) is 22.3. The third kappa shape index (κ3) is 3.70. The van der Waals surface area contributed by atoms with Gasteiger partial charge in [-0.15, -0.1) is 11.6 Å². The van der Waals surface area contributed by atoms with E-state index in [1.165, 1.54) is 4.68 Å². The maximum Gasteiger partial charge on any atom is 0.312 e. The maximum atomic E-state index is 13.3. The van der Waals surface area contributed by atoms with Gasteiger partial charge in [0.1, 0.15) is 5.69 Å². The number of benzene rings is 1. The van der Waals surface area contributed by atoms with Crippen molar-refractivity contribution in [1.82, 2.24) is 9.36 Å². The molecule has 0 saturated heterocycles. The molecule has 8 heteroatoms. The average Bonchev–Trinajstić information content (AvgIpc) is 2.95. The van der Waals surface area contributed by atoms with Crippen molar-refractivity contribution in [2.24, 2.45) is 24.3 Å². The van der Waals surface area contributed by atoms with Gasteiger partial charge in [-0.1, -0.05) is 18.2 Å². The van der Waals surface area contributed by atoms with Gasteiger partial charge in [-0.3, -0.25) is 19.1 Å². The Morgan fingerprint density at radius 1 is 1.15 bits per heavy atom. The Hall–Kier alpha value is -2.54. The number of amides is 1. The minimum absolute atomic E-state index is 0.184. The molecule has 1 aromatic carbocycles. The minimum atomic E-state index is -1.01. The summed E-state index contributed by atoms with van der Waals surface area (Å²) in [6.07, 6.45) is 4.28. The summed E-state index contributed by atoms with van der Waals surface area (Å²) in [5.41, 5.74) is 0.580.